The number of likely N-dealkylation sites (N-methyl/N-ethyl adjacent to an activating group) is 1. The number of aromatic nitrogens is 2. The first-order chi connectivity index (χ1) is 15.9. The van der Waals surface area contributed by atoms with Crippen LogP contribution in [0.1, 0.15) is 21.7 Å². The molecule has 1 aromatic heterocycles. The standard InChI is InChI=1S/C25H21ClN4O3/c1-30(14-22-27-20-10-6-5-9-18(20)25(33)29-22)15-23(31)28-21-12-11-17(26)13-19(21)24(32)16-7-3-2-4-8-16/h2-13H,14-15H2,1H3,(H,28,31)(H,27,29,33)/p+1. The lowest BCUT2D eigenvalue weighted by atomic mass is 10.0. The summed E-state index contributed by atoms with van der Waals surface area (Å²) in [5.74, 6) is -0.0115. The van der Waals surface area contributed by atoms with Crippen molar-refractivity contribution >= 4 is 39.9 Å². The Bertz CT molecular complexity index is 1390. The van der Waals surface area contributed by atoms with E-state index in [1.54, 1.807) is 60.7 Å². The van der Waals surface area contributed by atoms with Crippen molar-refractivity contribution in [3.8, 4) is 0 Å². The van der Waals surface area contributed by atoms with Gasteiger partial charge in [-0.05, 0) is 30.3 Å². The smallest absolute Gasteiger partial charge is 0.279 e. The largest absolute Gasteiger partial charge is 0.323 e. The van der Waals surface area contributed by atoms with Gasteiger partial charge in [-0.15, -0.1) is 0 Å². The number of anilines is 1. The van der Waals surface area contributed by atoms with E-state index < -0.39 is 0 Å². The van der Waals surface area contributed by atoms with E-state index in [1.165, 1.54) is 0 Å². The number of ketones is 1. The van der Waals surface area contributed by atoms with Crippen molar-refractivity contribution in [3.63, 3.8) is 0 Å². The van der Waals surface area contributed by atoms with Crippen LogP contribution in [-0.2, 0) is 11.3 Å². The quantitative estimate of drug-likeness (QED) is 0.368. The third-order valence-corrected chi connectivity index (χ3v) is 5.36. The number of carbonyl (C=O) groups is 2. The zero-order chi connectivity index (χ0) is 23.4. The van der Waals surface area contributed by atoms with E-state index in [-0.39, 0.29) is 23.8 Å². The topological polar surface area (TPSA) is 96.4 Å². The number of rotatable bonds is 7. The Balaban J connectivity index is 1.47. The number of nitrogens with zero attached hydrogens (tertiary/aromatic N) is 1. The molecule has 0 radical (unpaired) electrons. The zero-order valence-electron chi connectivity index (χ0n) is 17.9. The van der Waals surface area contributed by atoms with Gasteiger partial charge in [0.15, 0.2) is 18.2 Å². The highest BCUT2D eigenvalue weighted by atomic mass is 35.5. The molecule has 1 unspecified atom stereocenters. The van der Waals surface area contributed by atoms with Crippen LogP contribution in [-0.4, -0.2) is 35.3 Å². The molecule has 0 aliphatic carbocycles. The van der Waals surface area contributed by atoms with Gasteiger partial charge in [0.05, 0.1) is 23.6 Å². The van der Waals surface area contributed by atoms with Crippen LogP contribution >= 0.6 is 11.6 Å². The molecule has 8 heteroatoms. The second-order valence-electron chi connectivity index (χ2n) is 7.77. The van der Waals surface area contributed by atoms with Crippen LogP contribution in [0.25, 0.3) is 10.9 Å². The first-order valence-corrected chi connectivity index (χ1v) is 10.8. The van der Waals surface area contributed by atoms with Crippen LogP contribution in [0.2, 0.25) is 5.02 Å². The summed E-state index contributed by atoms with van der Waals surface area (Å²) >= 11 is 6.11. The number of H-pyrrole nitrogens is 1. The zero-order valence-corrected chi connectivity index (χ0v) is 18.6. The number of aromatic amines is 1. The molecule has 3 aromatic carbocycles. The van der Waals surface area contributed by atoms with Gasteiger partial charge in [0.2, 0.25) is 0 Å². The van der Waals surface area contributed by atoms with E-state index in [4.69, 9.17) is 11.6 Å². The van der Waals surface area contributed by atoms with Gasteiger partial charge in [-0.2, -0.15) is 0 Å². The van der Waals surface area contributed by atoms with Crippen LogP contribution < -0.4 is 15.8 Å². The molecule has 0 bridgehead atoms. The molecule has 0 saturated carbocycles. The van der Waals surface area contributed by atoms with Crippen molar-refractivity contribution in [2.75, 3.05) is 18.9 Å². The summed E-state index contributed by atoms with van der Waals surface area (Å²) < 4.78 is 0. The van der Waals surface area contributed by atoms with Gasteiger partial charge in [-0.1, -0.05) is 54.1 Å². The first-order valence-electron chi connectivity index (χ1n) is 10.4. The summed E-state index contributed by atoms with van der Waals surface area (Å²) in [7, 11) is 1.83. The molecule has 0 aliphatic heterocycles. The number of hydrogen-bond donors (Lipinski definition) is 3. The molecule has 3 N–H and O–H groups in total. The molecule has 0 spiro atoms. The van der Waals surface area contributed by atoms with Crippen LogP contribution in [0.4, 0.5) is 5.69 Å². The van der Waals surface area contributed by atoms with Crippen LogP contribution in [0.3, 0.4) is 0 Å². The Hall–Kier alpha value is -3.81. The second-order valence-corrected chi connectivity index (χ2v) is 8.21. The normalized spacial score (nSPS) is 11.8. The van der Waals surface area contributed by atoms with Gasteiger partial charge in [-0.25, -0.2) is 4.98 Å². The maximum Gasteiger partial charge on any atom is 0.279 e. The van der Waals surface area contributed by atoms with E-state index >= 15 is 0 Å². The molecule has 4 aromatic rings. The Morgan fingerprint density at radius 1 is 1.03 bits per heavy atom. The third kappa shape index (κ3) is 5.34. The number of fused-ring (bicyclic) bond motifs is 1. The molecule has 4 rings (SSSR count). The molecular weight excluding hydrogens is 440 g/mol. The van der Waals surface area contributed by atoms with Crippen molar-refractivity contribution in [2.45, 2.75) is 6.54 Å². The minimum atomic E-state index is -0.278. The lowest BCUT2D eigenvalue weighted by Crippen LogP contribution is -3.08. The number of amides is 1. The number of hydrogen-bond acceptors (Lipinski definition) is 4. The summed E-state index contributed by atoms with van der Waals surface area (Å²) in [6, 6.07) is 20.7. The summed E-state index contributed by atoms with van der Waals surface area (Å²) in [6.07, 6.45) is 0. The Labute approximate surface area is 195 Å². The Morgan fingerprint density at radius 2 is 1.76 bits per heavy atom. The van der Waals surface area contributed by atoms with Crippen LogP contribution in [0.15, 0.2) is 77.6 Å². The highest BCUT2D eigenvalue weighted by Crippen LogP contribution is 2.23. The SMILES string of the molecule is C[NH+](CC(=O)Nc1ccc(Cl)cc1C(=O)c1ccccc1)Cc1nc2ccccc2c(=O)[nH]1. The molecule has 7 nitrogen and oxygen atoms in total. The van der Waals surface area contributed by atoms with Gasteiger partial charge < -0.3 is 15.2 Å². The van der Waals surface area contributed by atoms with Gasteiger partial charge in [0, 0.05) is 16.1 Å². The number of nitrogens with one attached hydrogen (secondary N) is 3. The minimum Gasteiger partial charge on any atom is -0.323 e. The number of benzene rings is 3. The fourth-order valence-corrected chi connectivity index (χ4v) is 3.77. The molecule has 33 heavy (non-hydrogen) atoms. The van der Waals surface area contributed by atoms with Crippen LogP contribution in [0, 0.1) is 0 Å². The molecular formula is C25H22ClN4O3+. The fraction of sp³-hybridized carbons (Fsp3) is 0.120. The van der Waals surface area contributed by atoms with Gasteiger partial charge in [-0.3, -0.25) is 14.4 Å². The summed E-state index contributed by atoms with van der Waals surface area (Å²) in [4.78, 5) is 46.0. The molecule has 166 valence electrons. The van der Waals surface area contributed by atoms with Gasteiger partial charge in [0.1, 0.15) is 6.54 Å². The number of quaternary nitrogens is 1. The Kier molecular flexibility index (Phi) is 6.63. The highest BCUT2D eigenvalue weighted by molar-refractivity contribution is 6.31. The molecule has 0 aliphatic rings. The van der Waals surface area contributed by atoms with Crippen molar-refractivity contribution in [2.24, 2.45) is 0 Å². The van der Waals surface area contributed by atoms with Crippen LogP contribution in [0.5, 0.6) is 0 Å². The molecule has 1 atom stereocenters. The first kappa shape index (κ1) is 22.4. The minimum absolute atomic E-state index is 0.109. The molecule has 0 fully saturated rings. The number of carbonyl (C=O) groups excluding carboxylic acids is 2. The van der Waals surface area contributed by atoms with E-state index in [9.17, 15) is 14.4 Å². The van der Waals surface area contributed by atoms with E-state index in [1.807, 2.05) is 19.2 Å². The number of halogens is 1. The van der Waals surface area contributed by atoms with E-state index in [0.29, 0.717) is 45.1 Å². The number of para-hydroxylation sites is 1. The molecule has 1 heterocycles. The monoisotopic (exact) mass is 461 g/mol. The third-order valence-electron chi connectivity index (χ3n) is 5.13. The van der Waals surface area contributed by atoms with Crippen molar-refractivity contribution in [1.82, 2.24) is 9.97 Å². The lowest BCUT2D eigenvalue weighted by molar-refractivity contribution is -0.885. The van der Waals surface area contributed by atoms with Crippen molar-refractivity contribution in [1.29, 1.82) is 0 Å². The highest BCUT2D eigenvalue weighted by Gasteiger charge is 2.18. The van der Waals surface area contributed by atoms with E-state index in [0.717, 1.165) is 4.90 Å². The molecule has 0 saturated heterocycles. The predicted octanol–water partition coefficient (Wildman–Crippen LogP) is 2.46. The lowest BCUT2D eigenvalue weighted by Gasteiger charge is -2.15. The fourth-order valence-electron chi connectivity index (χ4n) is 3.59. The second kappa shape index (κ2) is 9.77. The van der Waals surface area contributed by atoms with Crippen molar-refractivity contribution < 1.29 is 14.5 Å². The maximum atomic E-state index is 12.9. The maximum absolute atomic E-state index is 12.9. The summed E-state index contributed by atoms with van der Waals surface area (Å²) in [5.41, 5.74) is 1.62. The van der Waals surface area contributed by atoms with Gasteiger partial charge in [0.25, 0.3) is 11.5 Å². The van der Waals surface area contributed by atoms with Gasteiger partial charge >= 0.3 is 0 Å². The van der Waals surface area contributed by atoms with E-state index in [2.05, 4.69) is 15.3 Å². The van der Waals surface area contributed by atoms with Crippen molar-refractivity contribution in [3.05, 3.63) is 105 Å². The summed E-state index contributed by atoms with van der Waals surface area (Å²) in [5, 5.41) is 3.74. The molecule has 1 amide bonds. The average Bonchev–Trinajstić information content (AvgIpc) is 2.80. The average molecular weight is 462 g/mol. The summed E-state index contributed by atoms with van der Waals surface area (Å²) in [6.45, 7) is 0.460. The predicted molar refractivity (Wildman–Crippen MR) is 128 cm³/mol. The Morgan fingerprint density at radius 3 is 2.55 bits per heavy atom.